The first-order valence-electron chi connectivity index (χ1n) is 5.73. The monoisotopic (exact) mass is 396 g/mol. The van der Waals surface area contributed by atoms with Crippen LogP contribution in [0.4, 0.5) is 0 Å². The van der Waals surface area contributed by atoms with Gasteiger partial charge in [-0.15, -0.1) is 0 Å². The molecule has 0 aliphatic heterocycles. The van der Waals surface area contributed by atoms with Crippen LogP contribution >= 0.6 is 32.2 Å². The lowest BCUT2D eigenvalue weighted by atomic mass is 10.1. The molecule has 0 spiro atoms. The fourth-order valence-corrected chi connectivity index (χ4v) is 2.34. The molecule has 0 fully saturated rings. The molecule has 0 saturated carbocycles. The summed E-state index contributed by atoms with van der Waals surface area (Å²) in [4.78, 5) is 11.9. The Morgan fingerprint density at radius 2 is 1.45 bits per heavy atom. The van der Waals surface area contributed by atoms with E-state index in [0.29, 0.717) is 21.6 Å². The Balaban J connectivity index is 2.39. The smallest absolute Gasteiger partial charge is 0.354 e. The second-order valence-electron chi connectivity index (χ2n) is 3.79. The molecule has 0 amide bonds. The van der Waals surface area contributed by atoms with E-state index < -0.39 is 5.97 Å². The molecule has 3 nitrogen and oxygen atoms in total. The van der Waals surface area contributed by atoms with E-state index in [4.69, 9.17) is 4.74 Å². The molecule has 5 heteroatoms. The van der Waals surface area contributed by atoms with Gasteiger partial charge in [-0.05, 0) is 33.6 Å². The van der Waals surface area contributed by atoms with Gasteiger partial charge in [0, 0.05) is 0 Å². The lowest BCUT2D eigenvalue weighted by Crippen LogP contribution is -2.05. The van der Waals surface area contributed by atoms with Crippen LogP contribution < -0.4 is 4.74 Å². The Morgan fingerprint density at radius 1 is 0.900 bits per heavy atom. The Morgan fingerprint density at radius 3 is 2.00 bits per heavy atom. The van der Waals surface area contributed by atoms with Gasteiger partial charge in [0.05, 0.1) is 0 Å². The van der Waals surface area contributed by atoms with Crippen molar-refractivity contribution in [1.82, 2.24) is 0 Å². The zero-order valence-corrected chi connectivity index (χ0v) is 13.4. The highest BCUT2D eigenvalue weighted by Crippen LogP contribution is 2.27. The molecule has 0 atom stereocenters. The topological polar surface area (TPSA) is 35.5 Å². The second kappa shape index (κ2) is 7.26. The van der Waals surface area contributed by atoms with Crippen molar-refractivity contribution in [2.24, 2.45) is 0 Å². The number of ether oxygens (including phenoxy) is 1. The van der Waals surface area contributed by atoms with Crippen LogP contribution in [0.3, 0.4) is 0 Å². The predicted octanol–water partition coefficient (Wildman–Crippen LogP) is 4.68. The minimum atomic E-state index is -0.543. The summed E-state index contributed by atoms with van der Waals surface area (Å²) in [6.45, 7) is 0. The molecule has 0 radical (unpaired) electrons. The molecule has 0 aliphatic carbocycles. The lowest BCUT2D eigenvalue weighted by molar-refractivity contribution is -0.126. The number of carbonyl (C=O) groups excluding carboxylic acids is 1. The Kier molecular flexibility index (Phi) is 5.38. The number of hydrogen-bond donors (Lipinski definition) is 0. The summed E-state index contributed by atoms with van der Waals surface area (Å²) in [5, 5.41) is 0. The molecule has 0 unspecified atom stereocenters. The number of benzene rings is 2. The minimum Gasteiger partial charge on any atom is -0.449 e. The van der Waals surface area contributed by atoms with E-state index in [1.807, 2.05) is 36.4 Å². The number of carbonyl (C=O) groups is 1. The molecule has 0 heterocycles. The fraction of sp³-hybridized carbons (Fsp3) is 0. The first-order valence-corrected chi connectivity index (χ1v) is 7.17. The van der Waals surface area contributed by atoms with Crippen molar-refractivity contribution in [3.05, 3.63) is 70.9 Å². The zero-order chi connectivity index (χ0) is 14.4. The van der Waals surface area contributed by atoms with Crippen LogP contribution in [-0.2, 0) is 8.62 Å². The Bertz CT molecular complexity index is 610. The standard InChI is InChI=1S/C15H10Br2O3/c16-14(19-12-9-5-2-6-10-12)13(15(18)20-17)11-7-3-1-4-8-11/h1-10H. The summed E-state index contributed by atoms with van der Waals surface area (Å²) in [6.07, 6.45) is 0. The van der Waals surface area contributed by atoms with Crippen molar-refractivity contribution in [2.75, 3.05) is 0 Å². The van der Waals surface area contributed by atoms with E-state index >= 15 is 0 Å². The molecule has 0 aromatic heterocycles. The lowest BCUT2D eigenvalue weighted by Gasteiger charge is -2.10. The van der Waals surface area contributed by atoms with Crippen LogP contribution in [-0.4, -0.2) is 5.97 Å². The Labute approximate surface area is 133 Å². The number of rotatable bonds is 4. The van der Waals surface area contributed by atoms with E-state index in [1.165, 1.54) is 0 Å². The predicted molar refractivity (Wildman–Crippen MR) is 84.4 cm³/mol. The van der Waals surface area contributed by atoms with Gasteiger partial charge in [0.25, 0.3) is 0 Å². The van der Waals surface area contributed by atoms with Gasteiger partial charge in [0.15, 0.2) is 20.9 Å². The molecule has 0 N–H and O–H groups in total. The number of halogens is 2. The molecule has 2 aromatic rings. The summed E-state index contributed by atoms with van der Waals surface area (Å²) in [7, 11) is 0. The van der Waals surface area contributed by atoms with E-state index in [0.717, 1.165) is 0 Å². The molecule has 0 saturated heterocycles. The normalized spacial score (nSPS) is 11.5. The summed E-state index contributed by atoms with van der Waals surface area (Å²) in [6, 6.07) is 18.3. The largest absolute Gasteiger partial charge is 0.449 e. The average molecular weight is 398 g/mol. The minimum absolute atomic E-state index is 0.291. The Hall–Kier alpha value is -1.59. The summed E-state index contributed by atoms with van der Waals surface area (Å²) in [5.74, 6) is 0.0779. The van der Waals surface area contributed by atoms with Crippen molar-refractivity contribution >= 4 is 43.7 Å². The van der Waals surface area contributed by atoms with Crippen molar-refractivity contribution in [2.45, 2.75) is 0 Å². The van der Waals surface area contributed by atoms with E-state index in [9.17, 15) is 4.79 Å². The van der Waals surface area contributed by atoms with Gasteiger partial charge in [-0.3, -0.25) is 0 Å². The van der Waals surface area contributed by atoms with Gasteiger partial charge in [0.2, 0.25) is 0 Å². The van der Waals surface area contributed by atoms with Crippen LogP contribution in [0, 0.1) is 0 Å². The molecule has 2 rings (SSSR count). The molecule has 0 bridgehead atoms. The van der Waals surface area contributed by atoms with Crippen LogP contribution in [0.25, 0.3) is 5.57 Å². The van der Waals surface area contributed by atoms with E-state index in [1.54, 1.807) is 24.3 Å². The van der Waals surface area contributed by atoms with Gasteiger partial charge in [-0.2, -0.15) is 0 Å². The van der Waals surface area contributed by atoms with Gasteiger partial charge in [-0.25, -0.2) is 4.79 Å². The second-order valence-corrected chi connectivity index (χ2v) is 4.84. The molecule has 20 heavy (non-hydrogen) atoms. The number of para-hydroxylation sites is 1. The van der Waals surface area contributed by atoms with Crippen molar-refractivity contribution in [1.29, 1.82) is 0 Å². The summed E-state index contributed by atoms with van der Waals surface area (Å²) >= 11 is 6.00. The van der Waals surface area contributed by atoms with E-state index in [2.05, 4.69) is 36.0 Å². The maximum Gasteiger partial charge on any atom is 0.354 e. The fourth-order valence-electron chi connectivity index (χ4n) is 1.60. The summed E-state index contributed by atoms with van der Waals surface area (Å²) < 4.78 is 10.6. The van der Waals surface area contributed by atoms with Crippen molar-refractivity contribution < 1.29 is 13.4 Å². The van der Waals surface area contributed by atoms with E-state index in [-0.39, 0.29) is 0 Å². The van der Waals surface area contributed by atoms with Gasteiger partial charge >= 0.3 is 5.97 Å². The third kappa shape index (κ3) is 3.71. The van der Waals surface area contributed by atoms with Gasteiger partial charge < -0.3 is 8.57 Å². The first-order chi connectivity index (χ1) is 9.72. The number of hydrogen-bond acceptors (Lipinski definition) is 3. The summed E-state index contributed by atoms with van der Waals surface area (Å²) in [5.41, 5.74) is 0.992. The highest BCUT2D eigenvalue weighted by atomic mass is 79.9. The first kappa shape index (κ1) is 14.8. The maximum absolute atomic E-state index is 11.9. The van der Waals surface area contributed by atoms with Crippen molar-refractivity contribution in [3.8, 4) is 5.75 Å². The maximum atomic E-state index is 11.9. The molecule has 102 valence electrons. The quantitative estimate of drug-likeness (QED) is 0.554. The van der Waals surface area contributed by atoms with Crippen LogP contribution in [0.15, 0.2) is 65.3 Å². The zero-order valence-electron chi connectivity index (χ0n) is 10.3. The third-order valence-corrected chi connectivity index (χ3v) is 3.34. The van der Waals surface area contributed by atoms with Gasteiger partial charge in [-0.1, -0.05) is 48.5 Å². The molecule has 2 aromatic carbocycles. The highest BCUT2D eigenvalue weighted by molar-refractivity contribution is 9.11. The van der Waals surface area contributed by atoms with Crippen LogP contribution in [0.1, 0.15) is 5.56 Å². The van der Waals surface area contributed by atoms with Gasteiger partial charge in [0.1, 0.15) is 11.3 Å². The molecular formula is C15H10Br2O3. The molecular weight excluding hydrogens is 388 g/mol. The average Bonchev–Trinajstić information content (AvgIpc) is 2.49. The highest BCUT2D eigenvalue weighted by Gasteiger charge is 2.19. The molecule has 0 aliphatic rings. The van der Waals surface area contributed by atoms with Crippen molar-refractivity contribution in [3.63, 3.8) is 0 Å². The third-order valence-electron chi connectivity index (χ3n) is 2.48. The SMILES string of the molecule is O=C(OBr)C(=C(Br)Oc1ccccc1)c1ccccc1. The van der Waals surface area contributed by atoms with Crippen LogP contribution in [0.2, 0.25) is 0 Å². The van der Waals surface area contributed by atoms with Crippen LogP contribution in [0.5, 0.6) is 5.75 Å².